The van der Waals surface area contributed by atoms with Gasteiger partial charge in [-0.05, 0) is 31.1 Å². The molecular formula is C17H22O2SSi. The molecule has 0 amide bonds. The summed E-state index contributed by atoms with van der Waals surface area (Å²) in [5.74, 6) is 3.19. The molecule has 0 aliphatic carbocycles. The van der Waals surface area contributed by atoms with Crippen molar-refractivity contribution in [2.24, 2.45) is 0 Å². The second-order valence-corrected chi connectivity index (χ2v) is 12.3. The summed E-state index contributed by atoms with van der Waals surface area (Å²) in [7, 11) is -4.63. The van der Waals surface area contributed by atoms with Gasteiger partial charge in [-0.1, -0.05) is 37.8 Å². The van der Waals surface area contributed by atoms with E-state index in [0.29, 0.717) is 4.90 Å². The van der Waals surface area contributed by atoms with Crippen LogP contribution in [0.4, 0.5) is 0 Å². The van der Waals surface area contributed by atoms with Gasteiger partial charge in [-0.25, -0.2) is 8.42 Å². The molecule has 0 heterocycles. The zero-order valence-corrected chi connectivity index (χ0v) is 14.7. The van der Waals surface area contributed by atoms with Crippen LogP contribution in [0.25, 0.3) is 0 Å². The van der Waals surface area contributed by atoms with Gasteiger partial charge in [0.2, 0.25) is 9.84 Å². The standard InChI is InChI=1S/C17H22O2SSi/c1-21(2,3)16-12-7-5-4-6-11-15-20(18,19)17-13-9-8-10-14-17/h6,8-10,13-15H,4-5,7H2,1-3H3. The molecule has 0 radical (unpaired) electrons. The molecule has 4 heteroatoms. The molecule has 0 aliphatic rings. The molecular weight excluding hydrogens is 296 g/mol. The van der Waals surface area contributed by atoms with Crippen molar-refractivity contribution < 1.29 is 8.42 Å². The van der Waals surface area contributed by atoms with Gasteiger partial charge in [0.15, 0.2) is 0 Å². The van der Waals surface area contributed by atoms with Gasteiger partial charge >= 0.3 is 0 Å². The zero-order valence-electron chi connectivity index (χ0n) is 12.9. The Kier molecular flexibility index (Phi) is 6.71. The predicted molar refractivity (Wildman–Crippen MR) is 91.3 cm³/mol. The highest BCUT2D eigenvalue weighted by molar-refractivity contribution is 7.94. The molecule has 21 heavy (non-hydrogen) atoms. The SMILES string of the molecule is C[Si](C)(C)C#CCCCC=C=CS(=O)(=O)c1ccccc1. The molecule has 0 saturated carbocycles. The molecule has 0 bridgehead atoms. The Bertz CT molecular complexity index is 665. The number of allylic oxidation sites excluding steroid dienone is 1. The van der Waals surface area contributed by atoms with Crippen LogP contribution in [0.1, 0.15) is 19.3 Å². The van der Waals surface area contributed by atoms with Crippen molar-refractivity contribution in [3.8, 4) is 11.5 Å². The summed E-state index contributed by atoms with van der Waals surface area (Å²) in [6, 6.07) is 8.38. The molecule has 1 aromatic rings. The first kappa shape index (κ1) is 17.5. The minimum absolute atomic E-state index is 0.298. The summed E-state index contributed by atoms with van der Waals surface area (Å²) < 4.78 is 23.8. The maximum atomic E-state index is 11.9. The lowest BCUT2D eigenvalue weighted by Gasteiger charge is -2.02. The van der Waals surface area contributed by atoms with E-state index >= 15 is 0 Å². The van der Waals surface area contributed by atoms with Crippen LogP contribution in [0.15, 0.2) is 52.4 Å². The fourth-order valence-electron chi connectivity index (χ4n) is 1.52. The van der Waals surface area contributed by atoms with Gasteiger partial charge in [-0.15, -0.1) is 17.2 Å². The summed E-state index contributed by atoms with van der Waals surface area (Å²) >= 11 is 0. The maximum Gasteiger partial charge on any atom is 0.207 e. The van der Waals surface area contributed by atoms with Gasteiger partial charge in [0.25, 0.3) is 0 Å². The van der Waals surface area contributed by atoms with Crippen LogP contribution in [0.2, 0.25) is 19.6 Å². The summed E-state index contributed by atoms with van der Waals surface area (Å²) in [6.07, 6.45) is 4.34. The molecule has 0 atom stereocenters. The van der Waals surface area contributed by atoms with Gasteiger partial charge in [0.1, 0.15) is 8.07 Å². The van der Waals surface area contributed by atoms with E-state index in [4.69, 9.17) is 0 Å². The summed E-state index contributed by atoms with van der Waals surface area (Å²) in [5.41, 5.74) is 6.06. The van der Waals surface area contributed by atoms with E-state index in [0.717, 1.165) is 24.7 Å². The van der Waals surface area contributed by atoms with Crippen molar-refractivity contribution in [3.63, 3.8) is 0 Å². The van der Waals surface area contributed by atoms with Crippen molar-refractivity contribution in [2.45, 2.75) is 43.8 Å². The van der Waals surface area contributed by atoms with Crippen LogP contribution in [0.3, 0.4) is 0 Å². The average molecular weight is 319 g/mol. The molecule has 2 nitrogen and oxygen atoms in total. The Morgan fingerprint density at radius 2 is 1.81 bits per heavy atom. The number of unbranched alkanes of at least 4 members (excludes halogenated alkanes) is 2. The topological polar surface area (TPSA) is 34.1 Å². The molecule has 0 N–H and O–H groups in total. The van der Waals surface area contributed by atoms with E-state index < -0.39 is 17.9 Å². The van der Waals surface area contributed by atoms with E-state index in [2.05, 4.69) is 36.8 Å². The van der Waals surface area contributed by atoms with Gasteiger partial charge in [-0.2, -0.15) is 0 Å². The van der Waals surface area contributed by atoms with Crippen LogP contribution < -0.4 is 0 Å². The van der Waals surface area contributed by atoms with Gasteiger partial charge in [0.05, 0.1) is 10.3 Å². The normalized spacial score (nSPS) is 11.0. The minimum atomic E-state index is -3.37. The third-order valence-corrected chi connectivity index (χ3v) is 4.83. The van der Waals surface area contributed by atoms with Gasteiger partial charge < -0.3 is 0 Å². The third-order valence-electron chi connectivity index (χ3n) is 2.53. The van der Waals surface area contributed by atoms with Crippen LogP contribution in [-0.4, -0.2) is 16.5 Å². The highest BCUT2D eigenvalue weighted by Crippen LogP contribution is 2.10. The predicted octanol–water partition coefficient (Wildman–Crippen LogP) is 4.18. The molecule has 0 aliphatic heterocycles. The van der Waals surface area contributed by atoms with E-state index in [1.165, 1.54) is 0 Å². The quantitative estimate of drug-likeness (QED) is 0.353. The van der Waals surface area contributed by atoms with Crippen LogP contribution in [-0.2, 0) is 9.84 Å². The maximum absolute atomic E-state index is 11.9. The zero-order chi connectivity index (χ0) is 15.8. The Hall–Kier alpha value is -1.53. The first-order chi connectivity index (χ1) is 9.81. The van der Waals surface area contributed by atoms with E-state index in [1.54, 1.807) is 36.4 Å². The second kappa shape index (κ2) is 8.04. The molecule has 1 rings (SSSR count). The molecule has 0 saturated heterocycles. The fourth-order valence-corrected chi connectivity index (χ4v) is 3.12. The second-order valence-electron chi connectivity index (χ2n) is 5.79. The van der Waals surface area contributed by atoms with E-state index in [1.807, 2.05) is 0 Å². The first-order valence-electron chi connectivity index (χ1n) is 7.02. The van der Waals surface area contributed by atoms with Gasteiger partial charge in [-0.3, -0.25) is 0 Å². The Labute approximate surface area is 129 Å². The molecule has 0 unspecified atom stereocenters. The first-order valence-corrected chi connectivity index (χ1v) is 12.1. The Morgan fingerprint density at radius 1 is 1.14 bits per heavy atom. The van der Waals surface area contributed by atoms with Crippen molar-refractivity contribution in [1.29, 1.82) is 0 Å². The Morgan fingerprint density at radius 3 is 2.43 bits per heavy atom. The monoisotopic (exact) mass is 318 g/mol. The lowest BCUT2D eigenvalue weighted by molar-refractivity contribution is 0.604. The lowest BCUT2D eigenvalue weighted by Crippen LogP contribution is -2.16. The smallest absolute Gasteiger partial charge is 0.207 e. The summed E-state index contributed by atoms with van der Waals surface area (Å²) in [4.78, 5) is 0.298. The van der Waals surface area contributed by atoms with E-state index in [9.17, 15) is 8.42 Å². The largest absolute Gasteiger partial charge is 0.218 e. The average Bonchev–Trinajstić information content (AvgIpc) is 2.41. The van der Waals surface area contributed by atoms with Crippen molar-refractivity contribution in [1.82, 2.24) is 0 Å². The van der Waals surface area contributed by atoms with Crippen molar-refractivity contribution >= 4 is 17.9 Å². The molecule has 112 valence electrons. The number of rotatable bonds is 5. The molecule has 1 aromatic carbocycles. The highest BCUT2D eigenvalue weighted by Gasteiger charge is 2.08. The van der Waals surface area contributed by atoms with Crippen molar-refractivity contribution in [3.05, 3.63) is 47.5 Å². The number of hydrogen-bond acceptors (Lipinski definition) is 2. The molecule has 0 spiro atoms. The minimum Gasteiger partial charge on any atom is -0.218 e. The summed E-state index contributed by atoms with van der Waals surface area (Å²) in [6.45, 7) is 6.66. The number of sulfone groups is 1. The number of benzene rings is 1. The van der Waals surface area contributed by atoms with Crippen LogP contribution in [0, 0.1) is 11.5 Å². The third kappa shape index (κ3) is 7.72. The molecule has 0 fully saturated rings. The molecule has 0 aromatic heterocycles. The lowest BCUT2D eigenvalue weighted by atomic mass is 10.2. The van der Waals surface area contributed by atoms with Crippen LogP contribution in [0.5, 0.6) is 0 Å². The highest BCUT2D eigenvalue weighted by atomic mass is 32.2. The summed E-state index contributed by atoms with van der Waals surface area (Å²) in [5, 5.41) is 1.13. The Balaban J connectivity index is 2.48. The number of hydrogen-bond donors (Lipinski definition) is 0. The van der Waals surface area contributed by atoms with Crippen molar-refractivity contribution in [2.75, 3.05) is 0 Å². The van der Waals surface area contributed by atoms with Crippen LogP contribution >= 0.6 is 0 Å². The van der Waals surface area contributed by atoms with E-state index in [-0.39, 0.29) is 0 Å². The fraction of sp³-hybridized carbons (Fsp3) is 0.353. The van der Waals surface area contributed by atoms with Gasteiger partial charge in [0, 0.05) is 6.42 Å².